The van der Waals surface area contributed by atoms with E-state index in [1.165, 1.54) is 0 Å². The molecule has 0 spiro atoms. The van der Waals surface area contributed by atoms with Gasteiger partial charge in [-0.3, -0.25) is 4.79 Å². The summed E-state index contributed by atoms with van der Waals surface area (Å²) in [6.45, 7) is 0.669. The van der Waals surface area contributed by atoms with Crippen molar-refractivity contribution in [3.05, 3.63) is 36.0 Å². The maximum Gasteiger partial charge on any atom is 0.222 e. The van der Waals surface area contributed by atoms with Crippen molar-refractivity contribution >= 4 is 34.0 Å². The number of rotatable bonds is 5. The number of fused-ring (bicyclic) bond motifs is 1. The van der Waals surface area contributed by atoms with Crippen LogP contribution >= 0.6 is 12.2 Å². The van der Waals surface area contributed by atoms with Crippen LogP contribution in [-0.2, 0) is 11.3 Å². The largest absolute Gasteiger partial charge is 0.389 e. The lowest BCUT2D eigenvalue weighted by atomic mass is 10.1. The summed E-state index contributed by atoms with van der Waals surface area (Å²) >= 11 is 5.06. The molecule has 3 N–H and O–H groups in total. The first-order chi connectivity index (χ1) is 9.65. The summed E-state index contributed by atoms with van der Waals surface area (Å²) in [5.74, 6) is 0.125. The summed E-state index contributed by atoms with van der Waals surface area (Å²) in [4.78, 5) is 12.1. The van der Waals surface area contributed by atoms with Crippen LogP contribution in [0.3, 0.4) is 0 Å². The first kappa shape index (κ1) is 13.1. The highest BCUT2D eigenvalue weighted by molar-refractivity contribution is 7.80. The molecular formula is C15H17N3OS. The van der Waals surface area contributed by atoms with Crippen LogP contribution in [0, 0.1) is 0 Å². The number of carbonyl (C=O) groups excluding carboxylic acids is 1. The zero-order valence-corrected chi connectivity index (χ0v) is 12.0. The summed E-state index contributed by atoms with van der Waals surface area (Å²) in [7, 11) is 0. The average molecular weight is 287 g/mol. The number of hydrogen-bond donors (Lipinski definition) is 2. The Kier molecular flexibility index (Phi) is 3.44. The van der Waals surface area contributed by atoms with Crippen LogP contribution in [0.1, 0.15) is 24.8 Å². The zero-order chi connectivity index (χ0) is 14.1. The summed E-state index contributed by atoms with van der Waals surface area (Å²) in [6, 6.07) is 8.32. The minimum Gasteiger partial charge on any atom is -0.389 e. The molecule has 0 bridgehead atoms. The Balaban J connectivity index is 1.76. The van der Waals surface area contributed by atoms with E-state index in [0.717, 1.165) is 29.3 Å². The van der Waals surface area contributed by atoms with E-state index < -0.39 is 0 Å². The van der Waals surface area contributed by atoms with Crippen molar-refractivity contribution in [2.75, 3.05) is 0 Å². The van der Waals surface area contributed by atoms with Gasteiger partial charge in [-0.25, -0.2) is 0 Å². The average Bonchev–Trinajstić information content (AvgIpc) is 3.14. The van der Waals surface area contributed by atoms with E-state index >= 15 is 0 Å². The number of nitrogens with two attached hydrogens (primary N) is 1. The number of aryl methyl sites for hydroxylation is 1. The Bertz CT molecular complexity index is 673. The van der Waals surface area contributed by atoms with Crippen LogP contribution in [0.5, 0.6) is 0 Å². The molecule has 1 fully saturated rings. The fourth-order valence-electron chi connectivity index (χ4n) is 2.38. The minimum atomic E-state index is 0.125. The molecule has 0 saturated heterocycles. The van der Waals surface area contributed by atoms with E-state index in [9.17, 15) is 4.79 Å². The minimum absolute atomic E-state index is 0.125. The van der Waals surface area contributed by atoms with Gasteiger partial charge in [0, 0.05) is 41.7 Å². The SMILES string of the molecule is NC(=S)c1cccc2c1ccn2CCC(=O)NC1CC1. The summed E-state index contributed by atoms with van der Waals surface area (Å²) in [6.07, 6.45) is 4.72. The first-order valence-electron chi connectivity index (χ1n) is 6.82. The van der Waals surface area contributed by atoms with Crippen LogP contribution in [-0.4, -0.2) is 21.5 Å². The quantitative estimate of drug-likeness (QED) is 0.826. The molecule has 2 aromatic rings. The van der Waals surface area contributed by atoms with E-state index in [1.54, 1.807) is 0 Å². The molecule has 3 rings (SSSR count). The lowest BCUT2D eigenvalue weighted by Crippen LogP contribution is -2.26. The number of nitrogens with zero attached hydrogens (tertiary/aromatic N) is 1. The molecule has 104 valence electrons. The highest BCUT2D eigenvalue weighted by Crippen LogP contribution is 2.21. The number of thiocarbonyl (C=S) groups is 1. The molecule has 1 heterocycles. The second-order valence-corrected chi connectivity index (χ2v) is 5.64. The predicted octanol–water partition coefficient (Wildman–Crippen LogP) is 1.94. The Morgan fingerprint density at radius 1 is 1.40 bits per heavy atom. The van der Waals surface area contributed by atoms with Crippen LogP contribution < -0.4 is 11.1 Å². The van der Waals surface area contributed by atoms with Gasteiger partial charge in [0.05, 0.1) is 0 Å². The van der Waals surface area contributed by atoms with Crippen LogP contribution in [0.4, 0.5) is 0 Å². The number of carbonyl (C=O) groups is 1. The number of benzene rings is 1. The third kappa shape index (κ3) is 2.67. The Morgan fingerprint density at radius 3 is 2.90 bits per heavy atom. The van der Waals surface area contributed by atoms with Crippen molar-refractivity contribution in [1.82, 2.24) is 9.88 Å². The van der Waals surface area contributed by atoms with E-state index in [4.69, 9.17) is 18.0 Å². The predicted molar refractivity (Wildman–Crippen MR) is 83.6 cm³/mol. The van der Waals surface area contributed by atoms with Crippen molar-refractivity contribution in [3.63, 3.8) is 0 Å². The maximum atomic E-state index is 11.7. The molecule has 1 aromatic carbocycles. The maximum absolute atomic E-state index is 11.7. The van der Waals surface area contributed by atoms with Crippen LogP contribution in [0.2, 0.25) is 0 Å². The fraction of sp³-hybridized carbons (Fsp3) is 0.333. The van der Waals surface area contributed by atoms with Gasteiger partial charge in [0.1, 0.15) is 4.99 Å². The van der Waals surface area contributed by atoms with E-state index in [-0.39, 0.29) is 5.91 Å². The molecule has 4 nitrogen and oxygen atoms in total. The fourth-order valence-corrected chi connectivity index (χ4v) is 2.56. The van der Waals surface area contributed by atoms with Crippen molar-refractivity contribution < 1.29 is 4.79 Å². The molecule has 1 aliphatic rings. The van der Waals surface area contributed by atoms with Gasteiger partial charge in [-0.15, -0.1) is 0 Å². The van der Waals surface area contributed by atoms with Crippen molar-refractivity contribution in [2.24, 2.45) is 5.73 Å². The number of aromatic nitrogens is 1. The smallest absolute Gasteiger partial charge is 0.222 e. The molecule has 1 aromatic heterocycles. The van der Waals surface area contributed by atoms with E-state index in [1.807, 2.05) is 30.5 Å². The second-order valence-electron chi connectivity index (χ2n) is 5.20. The molecule has 0 unspecified atom stereocenters. The topological polar surface area (TPSA) is 60.0 Å². The summed E-state index contributed by atoms with van der Waals surface area (Å²) in [5.41, 5.74) is 7.68. The molecule has 0 radical (unpaired) electrons. The highest BCUT2D eigenvalue weighted by atomic mass is 32.1. The van der Waals surface area contributed by atoms with Gasteiger partial charge in [-0.1, -0.05) is 24.4 Å². The number of amides is 1. The molecule has 5 heteroatoms. The molecule has 1 amide bonds. The third-order valence-corrected chi connectivity index (χ3v) is 3.82. The number of nitrogens with one attached hydrogen (secondary N) is 1. The van der Waals surface area contributed by atoms with Crippen LogP contribution in [0.15, 0.2) is 30.5 Å². The van der Waals surface area contributed by atoms with E-state index in [2.05, 4.69) is 9.88 Å². The molecule has 0 aliphatic heterocycles. The van der Waals surface area contributed by atoms with Gasteiger partial charge in [0.25, 0.3) is 0 Å². The molecular weight excluding hydrogens is 270 g/mol. The van der Waals surface area contributed by atoms with Crippen molar-refractivity contribution in [1.29, 1.82) is 0 Å². The Morgan fingerprint density at radius 2 is 2.20 bits per heavy atom. The number of hydrogen-bond acceptors (Lipinski definition) is 2. The Hall–Kier alpha value is -1.88. The highest BCUT2D eigenvalue weighted by Gasteiger charge is 2.22. The molecule has 1 saturated carbocycles. The zero-order valence-electron chi connectivity index (χ0n) is 11.1. The van der Waals surface area contributed by atoms with E-state index in [0.29, 0.717) is 24.0 Å². The first-order valence-corrected chi connectivity index (χ1v) is 7.23. The third-order valence-electron chi connectivity index (χ3n) is 3.60. The molecule has 0 atom stereocenters. The lowest BCUT2D eigenvalue weighted by Gasteiger charge is -2.07. The van der Waals surface area contributed by atoms with Gasteiger partial charge in [0.2, 0.25) is 5.91 Å². The lowest BCUT2D eigenvalue weighted by molar-refractivity contribution is -0.121. The summed E-state index contributed by atoms with van der Waals surface area (Å²) < 4.78 is 2.07. The van der Waals surface area contributed by atoms with Crippen molar-refractivity contribution in [2.45, 2.75) is 31.8 Å². The standard InChI is InChI=1S/C15H17N3OS/c16-15(20)12-2-1-3-13-11(12)6-8-18(13)9-7-14(19)17-10-4-5-10/h1-3,6,8,10H,4-5,7,9H2,(H2,16,20)(H,17,19). The summed E-state index contributed by atoms with van der Waals surface area (Å²) in [5, 5.41) is 4.04. The monoisotopic (exact) mass is 287 g/mol. The van der Waals surface area contributed by atoms with Gasteiger partial charge in [-0.05, 0) is 25.0 Å². The van der Waals surface area contributed by atoms with Gasteiger partial charge < -0.3 is 15.6 Å². The normalized spacial score (nSPS) is 14.4. The van der Waals surface area contributed by atoms with Crippen LogP contribution in [0.25, 0.3) is 10.9 Å². The Labute approximate surface area is 122 Å². The van der Waals surface area contributed by atoms with Gasteiger partial charge >= 0.3 is 0 Å². The van der Waals surface area contributed by atoms with Gasteiger partial charge in [0.15, 0.2) is 0 Å². The molecule has 20 heavy (non-hydrogen) atoms. The van der Waals surface area contributed by atoms with Crippen molar-refractivity contribution in [3.8, 4) is 0 Å². The molecule has 1 aliphatic carbocycles. The van der Waals surface area contributed by atoms with Gasteiger partial charge in [-0.2, -0.15) is 0 Å². The second kappa shape index (κ2) is 5.25.